The van der Waals surface area contributed by atoms with E-state index in [2.05, 4.69) is 17.3 Å². The zero-order chi connectivity index (χ0) is 8.39. The number of rotatable bonds is 0. The fourth-order valence-corrected chi connectivity index (χ4v) is 2.59. The summed E-state index contributed by atoms with van der Waals surface area (Å²) in [7, 11) is 2.13. The van der Waals surface area contributed by atoms with Gasteiger partial charge in [0.2, 0.25) is 0 Å². The van der Waals surface area contributed by atoms with Crippen LogP contribution in [-0.2, 0) is 4.74 Å². The molecule has 2 rings (SSSR count). The Kier molecular flexibility index (Phi) is 2.46. The maximum Gasteiger partial charge on any atom is 0.113 e. The lowest BCUT2D eigenvalue weighted by molar-refractivity contribution is 0.170. The number of thioether (sulfide) groups is 1. The van der Waals surface area contributed by atoms with Crippen LogP contribution in [0.5, 0.6) is 0 Å². The molecule has 12 heavy (non-hydrogen) atoms. The molecule has 0 saturated carbocycles. The first kappa shape index (κ1) is 8.26. The van der Waals surface area contributed by atoms with Crippen molar-refractivity contribution in [2.45, 2.75) is 0 Å². The van der Waals surface area contributed by atoms with Crippen LogP contribution >= 0.6 is 11.8 Å². The van der Waals surface area contributed by atoms with Crippen molar-refractivity contribution >= 4 is 11.8 Å². The number of nitrogens with zero attached hydrogens (tertiary/aromatic N) is 1. The van der Waals surface area contributed by atoms with Crippen molar-refractivity contribution in [1.29, 1.82) is 0 Å². The number of hydrogen-bond acceptors (Lipinski definition) is 4. The smallest absolute Gasteiger partial charge is 0.113 e. The molecule has 2 heterocycles. The fraction of sp³-hybridized carbons (Fsp3) is 0.750. The van der Waals surface area contributed by atoms with Crippen LogP contribution in [0.4, 0.5) is 0 Å². The first-order chi connectivity index (χ1) is 5.88. The summed E-state index contributed by atoms with van der Waals surface area (Å²) in [5.41, 5.74) is 0. The van der Waals surface area contributed by atoms with E-state index < -0.39 is 0 Å². The number of hydrogen-bond donors (Lipinski definition) is 1. The van der Waals surface area contributed by atoms with Crippen molar-refractivity contribution in [1.82, 2.24) is 10.2 Å². The summed E-state index contributed by atoms with van der Waals surface area (Å²) < 4.78 is 5.44. The first-order valence-corrected chi connectivity index (χ1v) is 5.25. The highest BCUT2D eigenvalue weighted by atomic mass is 32.2. The van der Waals surface area contributed by atoms with Gasteiger partial charge in [0, 0.05) is 25.9 Å². The molecule has 0 aromatic heterocycles. The average Bonchev–Trinajstić information content (AvgIpc) is 2.30. The van der Waals surface area contributed by atoms with E-state index >= 15 is 0 Å². The van der Waals surface area contributed by atoms with Crippen LogP contribution in [-0.4, -0.2) is 44.0 Å². The molecule has 0 aromatic rings. The SMILES string of the molecule is CN1CCSC2=C1NCCOC2. The average molecular weight is 186 g/mol. The van der Waals surface area contributed by atoms with E-state index in [4.69, 9.17) is 4.74 Å². The third kappa shape index (κ3) is 1.54. The van der Waals surface area contributed by atoms with E-state index in [1.165, 1.54) is 16.5 Å². The van der Waals surface area contributed by atoms with Gasteiger partial charge in [-0.15, -0.1) is 11.8 Å². The van der Waals surface area contributed by atoms with Crippen molar-refractivity contribution in [2.24, 2.45) is 0 Å². The highest BCUT2D eigenvalue weighted by Gasteiger charge is 2.19. The van der Waals surface area contributed by atoms with Gasteiger partial charge in [0.15, 0.2) is 0 Å². The van der Waals surface area contributed by atoms with Gasteiger partial charge in [0.25, 0.3) is 0 Å². The molecule has 0 amide bonds. The third-order valence-electron chi connectivity index (χ3n) is 2.12. The van der Waals surface area contributed by atoms with E-state index in [0.717, 1.165) is 26.3 Å². The molecule has 3 nitrogen and oxygen atoms in total. The molecule has 2 aliphatic rings. The summed E-state index contributed by atoms with van der Waals surface area (Å²) in [5, 5.41) is 3.39. The second-order valence-corrected chi connectivity index (χ2v) is 4.21. The van der Waals surface area contributed by atoms with Gasteiger partial charge in [-0.3, -0.25) is 0 Å². The van der Waals surface area contributed by atoms with Crippen LogP contribution in [0, 0.1) is 0 Å². The molecular formula is C8H14N2OS. The second-order valence-electron chi connectivity index (χ2n) is 3.02. The molecule has 0 saturated heterocycles. The Bertz CT molecular complexity index is 205. The summed E-state index contributed by atoms with van der Waals surface area (Å²) >= 11 is 1.91. The van der Waals surface area contributed by atoms with Crippen LogP contribution in [0.1, 0.15) is 0 Å². The standard InChI is InChI=1S/C8H14N2OS/c1-10-3-5-12-7-6-11-4-2-9-8(7)10/h9H,2-6H2,1H3. The lowest BCUT2D eigenvalue weighted by Crippen LogP contribution is -2.34. The molecule has 0 radical (unpaired) electrons. The fourth-order valence-electron chi connectivity index (χ4n) is 1.45. The van der Waals surface area contributed by atoms with Crippen LogP contribution in [0.15, 0.2) is 10.7 Å². The van der Waals surface area contributed by atoms with Crippen molar-refractivity contribution < 1.29 is 4.74 Å². The highest BCUT2D eigenvalue weighted by Crippen LogP contribution is 2.26. The lowest BCUT2D eigenvalue weighted by atomic mass is 10.4. The zero-order valence-corrected chi connectivity index (χ0v) is 8.12. The summed E-state index contributed by atoms with van der Waals surface area (Å²) in [4.78, 5) is 3.64. The third-order valence-corrected chi connectivity index (χ3v) is 3.17. The van der Waals surface area contributed by atoms with Crippen molar-refractivity contribution in [3.63, 3.8) is 0 Å². The molecule has 0 aliphatic carbocycles. The van der Waals surface area contributed by atoms with E-state index in [0.29, 0.717) is 0 Å². The van der Waals surface area contributed by atoms with Gasteiger partial charge < -0.3 is 15.0 Å². The monoisotopic (exact) mass is 186 g/mol. The molecule has 68 valence electrons. The lowest BCUT2D eigenvalue weighted by Gasteiger charge is -2.28. The molecule has 0 spiro atoms. The summed E-state index contributed by atoms with van der Waals surface area (Å²) in [6.07, 6.45) is 0. The Hall–Kier alpha value is -0.350. The molecule has 0 bridgehead atoms. The molecule has 1 N–H and O–H groups in total. The van der Waals surface area contributed by atoms with Gasteiger partial charge in [-0.25, -0.2) is 0 Å². The van der Waals surface area contributed by atoms with E-state index in [-0.39, 0.29) is 0 Å². The summed E-state index contributed by atoms with van der Waals surface area (Å²) in [5.74, 6) is 2.46. The molecule has 0 unspecified atom stereocenters. The Morgan fingerprint density at radius 3 is 3.42 bits per heavy atom. The maximum absolute atomic E-state index is 5.44. The van der Waals surface area contributed by atoms with Gasteiger partial charge in [0.05, 0.1) is 18.1 Å². The predicted molar refractivity (Wildman–Crippen MR) is 50.9 cm³/mol. The molecule has 0 aromatic carbocycles. The Morgan fingerprint density at radius 1 is 1.58 bits per heavy atom. The van der Waals surface area contributed by atoms with E-state index in [1.807, 2.05) is 11.8 Å². The van der Waals surface area contributed by atoms with Crippen molar-refractivity contribution in [3.05, 3.63) is 10.7 Å². The van der Waals surface area contributed by atoms with Gasteiger partial charge in [-0.1, -0.05) is 0 Å². The van der Waals surface area contributed by atoms with Gasteiger partial charge in [-0.2, -0.15) is 0 Å². The first-order valence-electron chi connectivity index (χ1n) is 4.26. The minimum absolute atomic E-state index is 0.789. The summed E-state index contributed by atoms with van der Waals surface area (Å²) in [6, 6.07) is 0. The zero-order valence-electron chi connectivity index (χ0n) is 7.30. The number of ether oxygens (including phenoxy) is 1. The number of nitrogens with one attached hydrogen (secondary N) is 1. The Morgan fingerprint density at radius 2 is 2.50 bits per heavy atom. The van der Waals surface area contributed by atoms with Gasteiger partial charge in [0.1, 0.15) is 5.82 Å². The topological polar surface area (TPSA) is 24.5 Å². The Balaban J connectivity index is 2.17. The van der Waals surface area contributed by atoms with Crippen LogP contribution in [0.25, 0.3) is 0 Å². The van der Waals surface area contributed by atoms with Crippen LogP contribution < -0.4 is 5.32 Å². The molecule has 0 atom stereocenters. The molecule has 2 aliphatic heterocycles. The molecular weight excluding hydrogens is 172 g/mol. The van der Waals surface area contributed by atoms with E-state index in [9.17, 15) is 0 Å². The quantitative estimate of drug-likeness (QED) is 0.594. The van der Waals surface area contributed by atoms with Gasteiger partial charge in [-0.05, 0) is 0 Å². The minimum Gasteiger partial charge on any atom is -0.374 e. The Labute approximate surface area is 77.1 Å². The van der Waals surface area contributed by atoms with Crippen LogP contribution in [0.2, 0.25) is 0 Å². The second kappa shape index (κ2) is 3.58. The normalized spacial score (nSPS) is 24.6. The predicted octanol–water partition coefficient (Wildman–Crippen LogP) is 0.454. The highest BCUT2D eigenvalue weighted by molar-refractivity contribution is 8.03. The summed E-state index contributed by atoms with van der Waals surface area (Å²) in [6.45, 7) is 3.68. The molecule has 4 heteroatoms. The largest absolute Gasteiger partial charge is 0.374 e. The minimum atomic E-state index is 0.789. The molecule has 0 fully saturated rings. The van der Waals surface area contributed by atoms with E-state index in [1.54, 1.807) is 0 Å². The van der Waals surface area contributed by atoms with Crippen molar-refractivity contribution in [3.8, 4) is 0 Å². The van der Waals surface area contributed by atoms with Gasteiger partial charge >= 0.3 is 0 Å². The van der Waals surface area contributed by atoms with Crippen LogP contribution in [0.3, 0.4) is 0 Å². The maximum atomic E-state index is 5.44. The van der Waals surface area contributed by atoms with Crippen molar-refractivity contribution in [2.75, 3.05) is 39.1 Å².